The van der Waals surface area contributed by atoms with Crippen molar-refractivity contribution in [3.8, 4) is 0 Å². The molecule has 0 aliphatic carbocycles. The van der Waals surface area contributed by atoms with E-state index in [4.69, 9.17) is 4.42 Å². The first-order valence-corrected chi connectivity index (χ1v) is 8.42. The number of rotatable bonds is 4. The molecule has 1 aliphatic rings. The molecule has 128 valence electrons. The maximum absolute atomic E-state index is 12.4. The summed E-state index contributed by atoms with van der Waals surface area (Å²) in [6, 6.07) is 7.82. The number of amides is 2. The number of nitrogens with zero attached hydrogens (tertiary/aromatic N) is 3. The monoisotopic (exact) mass is 329 g/mol. The van der Waals surface area contributed by atoms with E-state index in [0.29, 0.717) is 23.9 Å². The van der Waals surface area contributed by atoms with Gasteiger partial charge in [0.2, 0.25) is 11.8 Å². The van der Waals surface area contributed by atoms with Crippen LogP contribution in [0.4, 0.5) is 6.01 Å². The lowest BCUT2D eigenvalue weighted by molar-refractivity contribution is -0.130. The number of carbonyl (C=O) groups excluding carboxylic acids is 2. The van der Waals surface area contributed by atoms with Crippen LogP contribution in [0.3, 0.4) is 0 Å². The highest BCUT2D eigenvalue weighted by Crippen LogP contribution is 2.24. The van der Waals surface area contributed by atoms with Crippen LogP contribution in [-0.4, -0.2) is 41.8 Å². The van der Waals surface area contributed by atoms with Crippen molar-refractivity contribution >= 4 is 28.9 Å². The first-order chi connectivity index (χ1) is 11.5. The van der Waals surface area contributed by atoms with E-state index >= 15 is 0 Å². The molecule has 2 amide bonds. The number of fused-ring (bicyclic) bond motifs is 1. The second kappa shape index (κ2) is 7.03. The molecular formula is C18H23N3O3. The molecule has 0 bridgehead atoms. The van der Waals surface area contributed by atoms with Crippen LogP contribution in [0.25, 0.3) is 11.1 Å². The van der Waals surface area contributed by atoms with Crippen LogP contribution in [0, 0.1) is 5.92 Å². The zero-order chi connectivity index (χ0) is 17.1. The smallest absolute Gasteiger partial charge is 0.304 e. The Balaban J connectivity index is 1.52. The van der Waals surface area contributed by atoms with Gasteiger partial charge in [-0.2, -0.15) is 4.98 Å². The number of anilines is 1. The summed E-state index contributed by atoms with van der Waals surface area (Å²) in [5.41, 5.74) is 1.44. The van der Waals surface area contributed by atoms with Crippen LogP contribution < -0.4 is 4.90 Å². The van der Waals surface area contributed by atoms with E-state index in [-0.39, 0.29) is 11.8 Å². The minimum Gasteiger partial charge on any atom is -0.423 e. The van der Waals surface area contributed by atoms with Gasteiger partial charge in [-0.3, -0.25) is 14.5 Å². The summed E-state index contributed by atoms with van der Waals surface area (Å²) in [4.78, 5) is 31.5. The standard InChI is InChI=1S/C18H23N3O3/c1-13(22)21-11-9-14(10-12-21)7-8-17(23)20(2)18-19-15-5-3-4-6-16(15)24-18/h3-6,14H,7-12H2,1-2H3. The molecule has 0 spiro atoms. The van der Waals surface area contributed by atoms with Crippen LogP contribution in [0.1, 0.15) is 32.6 Å². The number of likely N-dealkylation sites (tertiary alicyclic amines) is 1. The predicted octanol–water partition coefficient (Wildman–Crippen LogP) is 2.83. The predicted molar refractivity (Wildman–Crippen MR) is 91.6 cm³/mol. The highest BCUT2D eigenvalue weighted by molar-refractivity contribution is 5.91. The highest BCUT2D eigenvalue weighted by atomic mass is 16.4. The molecule has 6 heteroatoms. The Kier molecular flexibility index (Phi) is 4.83. The van der Waals surface area contributed by atoms with E-state index in [1.54, 1.807) is 14.0 Å². The summed E-state index contributed by atoms with van der Waals surface area (Å²) >= 11 is 0. The lowest BCUT2D eigenvalue weighted by Gasteiger charge is -2.31. The molecule has 24 heavy (non-hydrogen) atoms. The molecule has 1 aliphatic heterocycles. The Bertz CT molecular complexity index is 699. The summed E-state index contributed by atoms with van der Waals surface area (Å²) in [5.74, 6) is 0.650. The Morgan fingerprint density at radius 3 is 2.67 bits per heavy atom. The van der Waals surface area contributed by atoms with Gasteiger partial charge >= 0.3 is 6.01 Å². The van der Waals surface area contributed by atoms with Crippen LogP contribution >= 0.6 is 0 Å². The van der Waals surface area contributed by atoms with Crippen molar-refractivity contribution in [1.82, 2.24) is 9.88 Å². The lowest BCUT2D eigenvalue weighted by atomic mass is 9.92. The normalized spacial score (nSPS) is 15.7. The van der Waals surface area contributed by atoms with E-state index < -0.39 is 0 Å². The minimum atomic E-state index is 0.00977. The number of para-hydroxylation sites is 2. The fraction of sp³-hybridized carbons (Fsp3) is 0.500. The van der Waals surface area contributed by atoms with E-state index in [2.05, 4.69) is 4.98 Å². The van der Waals surface area contributed by atoms with Gasteiger partial charge in [-0.1, -0.05) is 12.1 Å². The van der Waals surface area contributed by atoms with Gasteiger partial charge in [-0.15, -0.1) is 0 Å². The molecule has 1 fully saturated rings. The average Bonchev–Trinajstić information content (AvgIpc) is 3.03. The van der Waals surface area contributed by atoms with Crippen molar-refractivity contribution in [3.05, 3.63) is 24.3 Å². The third-order valence-electron chi connectivity index (χ3n) is 4.77. The van der Waals surface area contributed by atoms with Gasteiger partial charge in [0.15, 0.2) is 5.58 Å². The average molecular weight is 329 g/mol. The second-order valence-corrected chi connectivity index (χ2v) is 6.41. The van der Waals surface area contributed by atoms with Crippen LogP contribution in [-0.2, 0) is 9.59 Å². The number of oxazole rings is 1. The third kappa shape index (κ3) is 3.58. The zero-order valence-corrected chi connectivity index (χ0v) is 14.2. The molecule has 0 N–H and O–H groups in total. The van der Waals surface area contributed by atoms with E-state index in [9.17, 15) is 9.59 Å². The van der Waals surface area contributed by atoms with Gasteiger partial charge < -0.3 is 9.32 Å². The van der Waals surface area contributed by atoms with Gasteiger partial charge in [-0.05, 0) is 37.3 Å². The fourth-order valence-corrected chi connectivity index (χ4v) is 3.14. The fourth-order valence-electron chi connectivity index (χ4n) is 3.14. The van der Waals surface area contributed by atoms with Crippen LogP contribution in [0.2, 0.25) is 0 Å². The first-order valence-electron chi connectivity index (χ1n) is 8.42. The van der Waals surface area contributed by atoms with Gasteiger partial charge in [0.25, 0.3) is 0 Å². The van der Waals surface area contributed by atoms with Gasteiger partial charge in [0.05, 0.1) is 0 Å². The molecule has 1 aromatic carbocycles. The number of piperidine rings is 1. The zero-order valence-electron chi connectivity index (χ0n) is 14.2. The molecular weight excluding hydrogens is 306 g/mol. The molecule has 0 unspecified atom stereocenters. The molecule has 3 rings (SSSR count). The third-order valence-corrected chi connectivity index (χ3v) is 4.77. The number of hydrogen-bond acceptors (Lipinski definition) is 4. The number of hydrogen-bond donors (Lipinski definition) is 0. The van der Waals surface area contributed by atoms with Gasteiger partial charge in [0, 0.05) is 33.5 Å². The topological polar surface area (TPSA) is 66.7 Å². The Labute approximate surface area is 141 Å². The van der Waals surface area contributed by atoms with Gasteiger partial charge in [-0.25, -0.2) is 0 Å². The number of carbonyl (C=O) groups is 2. The lowest BCUT2D eigenvalue weighted by Crippen LogP contribution is -2.37. The maximum Gasteiger partial charge on any atom is 0.304 e. The molecule has 0 saturated carbocycles. The van der Waals surface area contributed by atoms with Crippen LogP contribution in [0.5, 0.6) is 0 Å². The summed E-state index contributed by atoms with van der Waals surface area (Å²) in [6.45, 7) is 3.21. The summed E-state index contributed by atoms with van der Waals surface area (Å²) in [5, 5.41) is 0. The molecule has 6 nitrogen and oxygen atoms in total. The second-order valence-electron chi connectivity index (χ2n) is 6.41. The summed E-state index contributed by atoms with van der Waals surface area (Å²) in [6.07, 6.45) is 3.26. The molecule has 2 aromatic rings. The van der Waals surface area contributed by atoms with Gasteiger partial charge in [0.1, 0.15) is 5.52 Å². The van der Waals surface area contributed by atoms with Crippen molar-refractivity contribution < 1.29 is 14.0 Å². The van der Waals surface area contributed by atoms with Crippen LogP contribution in [0.15, 0.2) is 28.7 Å². The van der Waals surface area contributed by atoms with Crippen molar-refractivity contribution in [3.63, 3.8) is 0 Å². The van der Waals surface area contributed by atoms with E-state index in [1.165, 1.54) is 4.90 Å². The first kappa shape index (κ1) is 16.5. The molecule has 0 atom stereocenters. The van der Waals surface area contributed by atoms with Crippen molar-refractivity contribution in [2.45, 2.75) is 32.6 Å². The minimum absolute atomic E-state index is 0.00977. The highest BCUT2D eigenvalue weighted by Gasteiger charge is 2.23. The molecule has 2 heterocycles. The molecule has 1 saturated heterocycles. The maximum atomic E-state index is 12.4. The number of aromatic nitrogens is 1. The Hall–Kier alpha value is -2.37. The van der Waals surface area contributed by atoms with Crippen molar-refractivity contribution in [2.24, 2.45) is 5.92 Å². The quantitative estimate of drug-likeness (QED) is 0.865. The SMILES string of the molecule is CC(=O)N1CCC(CCC(=O)N(C)c2nc3ccccc3o2)CC1. The molecule has 1 aromatic heterocycles. The Morgan fingerprint density at radius 1 is 1.29 bits per heavy atom. The largest absolute Gasteiger partial charge is 0.423 e. The van der Waals surface area contributed by atoms with E-state index in [1.807, 2.05) is 29.2 Å². The van der Waals surface area contributed by atoms with Crippen molar-refractivity contribution in [1.29, 1.82) is 0 Å². The molecule has 0 radical (unpaired) electrons. The summed E-state index contributed by atoms with van der Waals surface area (Å²) in [7, 11) is 1.70. The summed E-state index contributed by atoms with van der Waals surface area (Å²) < 4.78 is 5.63. The van der Waals surface area contributed by atoms with E-state index in [0.717, 1.165) is 37.9 Å². The number of benzene rings is 1. The van der Waals surface area contributed by atoms with Crippen molar-refractivity contribution in [2.75, 3.05) is 25.0 Å². The Morgan fingerprint density at radius 2 is 2.00 bits per heavy atom.